The van der Waals surface area contributed by atoms with Crippen molar-refractivity contribution >= 4 is 15.5 Å². The first-order valence-corrected chi connectivity index (χ1v) is 7.64. The normalized spacial score (nSPS) is 25.0. The molecule has 0 amide bonds. The van der Waals surface area contributed by atoms with Crippen molar-refractivity contribution in [3.63, 3.8) is 0 Å². The molecule has 0 spiro atoms. The van der Waals surface area contributed by atoms with Gasteiger partial charge < -0.3 is 19.9 Å². The van der Waals surface area contributed by atoms with Crippen LogP contribution >= 0.6 is 0 Å². The van der Waals surface area contributed by atoms with E-state index in [2.05, 4.69) is 5.32 Å². The molecule has 1 fully saturated rings. The minimum absolute atomic E-state index is 0.0888. The molecule has 1 aromatic carbocycles. The molecule has 1 aliphatic heterocycles. The van der Waals surface area contributed by atoms with E-state index in [1.165, 1.54) is 7.11 Å². The summed E-state index contributed by atoms with van der Waals surface area (Å²) in [6.07, 6.45) is -0.916. The number of aliphatic hydroxyl groups is 1. The highest BCUT2D eigenvalue weighted by Gasteiger charge is 2.36. The average molecular weight is 287 g/mol. The Kier molecular flexibility index (Phi) is 3.86. The van der Waals surface area contributed by atoms with Crippen molar-refractivity contribution in [3.05, 3.63) is 18.2 Å². The monoisotopic (exact) mass is 287 g/mol. The number of anilines is 1. The molecule has 0 bridgehead atoms. The minimum Gasteiger partial charge on any atom is -0.497 e. The van der Waals surface area contributed by atoms with Gasteiger partial charge in [-0.3, -0.25) is 0 Å². The first-order chi connectivity index (χ1) is 8.95. The zero-order valence-electron chi connectivity index (χ0n) is 10.8. The van der Waals surface area contributed by atoms with Crippen molar-refractivity contribution in [2.45, 2.75) is 12.1 Å². The van der Waals surface area contributed by atoms with Gasteiger partial charge in [0.1, 0.15) is 11.5 Å². The lowest BCUT2D eigenvalue weighted by Gasteiger charge is -2.19. The van der Waals surface area contributed by atoms with Crippen LogP contribution in [0.2, 0.25) is 0 Å². The highest BCUT2D eigenvalue weighted by molar-refractivity contribution is 7.91. The lowest BCUT2D eigenvalue weighted by atomic mass is 10.2. The summed E-state index contributed by atoms with van der Waals surface area (Å²) in [5.74, 6) is 0.891. The first-order valence-electron chi connectivity index (χ1n) is 5.82. The molecule has 2 N–H and O–H groups in total. The SMILES string of the molecule is COc1ccc(OC)c(NC2CS(=O)(=O)CC2O)c1. The van der Waals surface area contributed by atoms with Crippen molar-refractivity contribution in [3.8, 4) is 11.5 Å². The van der Waals surface area contributed by atoms with Crippen molar-refractivity contribution in [2.24, 2.45) is 0 Å². The molecule has 7 heteroatoms. The second-order valence-electron chi connectivity index (χ2n) is 4.46. The van der Waals surface area contributed by atoms with Gasteiger partial charge in [0.05, 0.1) is 43.6 Å². The number of benzene rings is 1. The summed E-state index contributed by atoms with van der Waals surface area (Å²) in [6.45, 7) is 0. The van der Waals surface area contributed by atoms with E-state index in [1.54, 1.807) is 25.3 Å². The third kappa shape index (κ3) is 3.10. The van der Waals surface area contributed by atoms with Crippen LogP contribution in [0.3, 0.4) is 0 Å². The van der Waals surface area contributed by atoms with Crippen molar-refractivity contribution in [2.75, 3.05) is 31.0 Å². The Bertz CT molecular complexity index is 557. The van der Waals surface area contributed by atoms with E-state index in [-0.39, 0.29) is 11.5 Å². The molecule has 0 radical (unpaired) electrons. The molecule has 1 aliphatic rings. The number of hydrogen-bond donors (Lipinski definition) is 2. The van der Waals surface area contributed by atoms with Crippen LogP contribution < -0.4 is 14.8 Å². The number of nitrogens with one attached hydrogen (secondary N) is 1. The smallest absolute Gasteiger partial charge is 0.155 e. The summed E-state index contributed by atoms with van der Waals surface area (Å²) in [5.41, 5.74) is 0.600. The third-order valence-corrected chi connectivity index (χ3v) is 4.79. The minimum atomic E-state index is -3.18. The molecule has 2 unspecified atom stereocenters. The quantitative estimate of drug-likeness (QED) is 0.827. The van der Waals surface area contributed by atoms with Crippen LogP contribution in [0, 0.1) is 0 Å². The van der Waals surface area contributed by atoms with Crippen molar-refractivity contribution in [1.82, 2.24) is 0 Å². The maximum Gasteiger partial charge on any atom is 0.155 e. The Labute approximate surface area is 112 Å². The molecular weight excluding hydrogens is 270 g/mol. The van der Waals surface area contributed by atoms with Gasteiger partial charge in [0.15, 0.2) is 9.84 Å². The predicted octanol–water partition coefficient (Wildman–Crippen LogP) is 0.274. The van der Waals surface area contributed by atoms with Gasteiger partial charge in [-0.1, -0.05) is 0 Å². The molecule has 1 saturated heterocycles. The van der Waals surface area contributed by atoms with Gasteiger partial charge in [0, 0.05) is 6.07 Å². The Morgan fingerprint density at radius 1 is 1.26 bits per heavy atom. The summed E-state index contributed by atoms with van der Waals surface area (Å²) >= 11 is 0. The second kappa shape index (κ2) is 5.26. The number of sulfone groups is 1. The number of ether oxygens (including phenoxy) is 2. The van der Waals surface area contributed by atoms with Crippen LogP contribution in [-0.2, 0) is 9.84 Å². The van der Waals surface area contributed by atoms with E-state index in [9.17, 15) is 13.5 Å². The zero-order chi connectivity index (χ0) is 14.0. The summed E-state index contributed by atoms with van der Waals surface area (Å²) in [4.78, 5) is 0. The second-order valence-corrected chi connectivity index (χ2v) is 6.62. The molecule has 2 atom stereocenters. The van der Waals surface area contributed by atoms with Gasteiger partial charge in [-0.2, -0.15) is 0 Å². The van der Waals surface area contributed by atoms with Gasteiger partial charge in [0.2, 0.25) is 0 Å². The predicted molar refractivity (Wildman–Crippen MR) is 71.6 cm³/mol. The topological polar surface area (TPSA) is 84.9 Å². The fourth-order valence-corrected chi connectivity index (χ4v) is 3.83. The van der Waals surface area contributed by atoms with Gasteiger partial charge in [0.25, 0.3) is 0 Å². The molecule has 2 rings (SSSR count). The lowest BCUT2D eigenvalue weighted by Crippen LogP contribution is -2.32. The number of aliphatic hydroxyl groups excluding tert-OH is 1. The molecule has 1 heterocycles. The molecule has 1 aromatic rings. The Morgan fingerprint density at radius 2 is 2.00 bits per heavy atom. The van der Waals surface area contributed by atoms with Crippen LogP contribution in [0.25, 0.3) is 0 Å². The largest absolute Gasteiger partial charge is 0.497 e. The number of hydrogen-bond acceptors (Lipinski definition) is 6. The standard InChI is InChI=1S/C12H17NO5S/c1-17-8-3-4-12(18-2)9(5-8)13-10-6-19(15,16)7-11(10)14/h3-5,10-11,13-14H,6-7H2,1-2H3. The lowest BCUT2D eigenvalue weighted by molar-refractivity contribution is 0.190. The van der Waals surface area contributed by atoms with Crippen LogP contribution in [0.15, 0.2) is 18.2 Å². The third-order valence-electron chi connectivity index (χ3n) is 3.07. The van der Waals surface area contributed by atoms with Crippen LogP contribution in [-0.4, -0.2) is 51.4 Å². The number of methoxy groups -OCH3 is 2. The Hall–Kier alpha value is -1.47. The van der Waals surface area contributed by atoms with Crippen molar-refractivity contribution < 1.29 is 23.0 Å². The van der Waals surface area contributed by atoms with Gasteiger partial charge in [-0.05, 0) is 12.1 Å². The zero-order valence-corrected chi connectivity index (χ0v) is 11.6. The molecule has 0 aromatic heterocycles. The number of rotatable bonds is 4. The van der Waals surface area contributed by atoms with E-state index < -0.39 is 22.0 Å². The fourth-order valence-electron chi connectivity index (χ4n) is 2.09. The summed E-state index contributed by atoms with van der Waals surface area (Å²) in [7, 11) is -0.120. The fraction of sp³-hybridized carbons (Fsp3) is 0.500. The van der Waals surface area contributed by atoms with E-state index in [1.807, 2.05) is 0 Å². The van der Waals surface area contributed by atoms with Gasteiger partial charge in [-0.15, -0.1) is 0 Å². The Balaban J connectivity index is 2.23. The maximum atomic E-state index is 11.5. The van der Waals surface area contributed by atoms with Crippen molar-refractivity contribution in [1.29, 1.82) is 0 Å². The van der Waals surface area contributed by atoms with Gasteiger partial charge >= 0.3 is 0 Å². The van der Waals surface area contributed by atoms with Crippen LogP contribution in [0.4, 0.5) is 5.69 Å². The highest BCUT2D eigenvalue weighted by atomic mass is 32.2. The molecule has 19 heavy (non-hydrogen) atoms. The molecule has 0 aliphatic carbocycles. The van der Waals surface area contributed by atoms with E-state index in [4.69, 9.17) is 9.47 Å². The van der Waals surface area contributed by atoms with E-state index >= 15 is 0 Å². The average Bonchev–Trinajstić information content (AvgIpc) is 2.62. The van der Waals surface area contributed by atoms with E-state index in [0.717, 1.165) is 0 Å². The van der Waals surface area contributed by atoms with E-state index in [0.29, 0.717) is 17.2 Å². The molecule has 106 valence electrons. The molecule has 6 nitrogen and oxygen atoms in total. The summed E-state index contributed by atoms with van der Waals surface area (Å²) in [6, 6.07) is 4.63. The molecular formula is C12H17NO5S. The Morgan fingerprint density at radius 3 is 2.53 bits per heavy atom. The maximum absolute atomic E-state index is 11.5. The highest BCUT2D eigenvalue weighted by Crippen LogP contribution is 2.30. The van der Waals surface area contributed by atoms with Gasteiger partial charge in [-0.25, -0.2) is 8.42 Å². The summed E-state index contributed by atoms with van der Waals surface area (Å²) in [5, 5.41) is 12.8. The molecule has 0 saturated carbocycles. The van der Waals surface area contributed by atoms with Crippen LogP contribution in [0.1, 0.15) is 0 Å². The first kappa shape index (κ1) is 14.0. The van der Waals surface area contributed by atoms with Crippen LogP contribution in [0.5, 0.6) is 11.5 Å². The summed E-state index contributed by atoms with van der Waals surface area (Å²) < 4.78 is 33.2.